The molecule has 0 bridgehead atoms. The summed E-state index contributed by atoms with van der Waals surface area (Å²) in [7, 11) is 1.96. The molecule has 0 saturated carbocycles. The molecule has 17 heavy (non-hydrogen) atoms. The summed E-state index contributed by atoms with van der Waals surface area (Å²) in [6, 6.07) is 4.21. The molecule has 0 amide bonds. The molecule has 1 N–H and O–H groups in total. The zero-order valence-electron chi connectivity index (χ0n) is 10.0. The summed E-state index contributed by atoms with van der Waals surface area (Å²) >= 11 is 0. The number of hydrogen-bond donors (Lipinski definition) is 1. The molecule has 4 heteroatoms. The molecule has 0 unspecified atom stereocenters. The van der Waals surface area contributed by atoms with E-state index in [0.717, 1.165) is 32.0 Å². The highest BCUT2D eigenvalue weighted by Crippen LogP contribution is 2.16. The molecule has 0 aromatic heterocycles. The maximum atomic E-state index is 13.5. The normalized spacial score (nSPS) is 18.5. The second-order valence-electron chi connectivity index (χ2n) is 4.57. The average Bonchev–Trinajstić information content (AvgIpc) is 2.35. The molecule has 0 atom stereocenters. The smallest absolute Gasteiger partial charge is 0.127 e. The lowest BCUT2D eigenvalue weighted by molar-refractivity contribution is 0.192. The molecule has 2 rings (SSSR count). The van der Waals surface area contributed by atoms with Crippen LogP contribution >= 0.6 is 0 Å². The van der Waals surface area contributed by atoms with Crippen LogP contribution in [-0.4, -0.2) is 31.1 Å². The summed E-state index contributed by atoms with van der Waals surface area (Å²) in [4.78, 5) is 2.17. The van der Waals surface area contributed by atoms with Gasteiger partial charge in [0.05, 0.1) is 0 Å². The fraction of sp³-hybridized carbons (Fsp3) is 0.538. The molecule has 94 valence electrons. The van der Waals surface area contributed by atoms with Crippen LogP contribution in [0, 0.1) is 11.6 Å². The molecule has 1 fully saturated rings. The Morgan fingerprint density at radius 1 is 1.29 bits per heavy atom. The summed E-state index contributed by atoms with van der Waals surface area (Å²) in [5, 5.41) is 3.25. The van der Waals surface area contributed by atoms with Crippen molar-refractivity contribution in [2.75, 3.05) is 20.1 Å². The van der Waals surface area contributed by atoms with Gasteiger partial charge in [0.25, 0.3) is 0 Å². The number of piperidine rings is 1. The number of nitrogens with one attached hydrogen (secondary N) is 1. The minimum absolute atomic E-state index is 0.317. The highest BCUT2D eigenvalue weighted by Gasteiger charge is 2.18. The van der Waals surface area contributed by atoms with Crippen LogP contribution in [0.4, 0.5) is 8.78 Å². The highest BCUT2D eigenvalue weighted by molar-refractivity contribution is 5.18. The van der Waals surface area contributed by atoms with Crippen molar-refractivity contribution in [3.05, 3.63) is 35.4 Å². The zero-order chi connectivity index (χ0) is 12.3. The molecule has 1 aromatic rings. The minimum Gasteiger partial charge on any atom is -0.317 e. The van der Waals surface area contributed by atoms with Crippen LogP contribution in [-0.2, 0) is 6.54 Å². The minimum atomic E-state index is -0.369. The molecule has 0 aliphatic carbocycles. The summed E-state index contributed by atoms with van der Waals surface area (Å²) < 4.78 is 26.5. The van der Waals surface area contributed by atoms with E-state index < -0.39 is 0 Å². The maximum Gasteiger partial charge on any atom is 0.127 e. The molecule has 0 radical (unpaired) electrons. The van der Waals surface area contributed by atoms with E-state index in [1.54, 1.807) is 0 Å². The summed E-state index contributed by atoms with van der Waals surface area (Å²) in [5.74, 6) is -0.686. The molecule has 0 spiro atoms. The van der Waals surface area contributed by atoms with Gasteiger partial charge in [0.15, 0.2) is 0 Å². The van der Waals surface area contributed by atoms with Gasteiger partial charge in [0.2, 0.25) is 0 Å². The summed E-state index contributed by atoms with van der Waals surface area (Å²) in [6.45, 7) is 2.36. The molecule has 1 saturated heterocycles. The van der Waals surface area contributed by atoms with Crippen molar-refractivity contribution in [2.24, 2.45) is 0 Å². The lowest BCUT2D eigenvalue weighted by Gasteiger charge is -2.31. The van der Waals surface area contributed by atoms with Gasteiger partial charge in [-0.25, -0.2) is 8.78 Å². The third-order valence-corrected chi connectivity index (χ3v) is 3.40. The molecular weight excluding hydrogens is 222 g/mol. The SMILES string of the molecule is CNC1CCN(Cc2cc(F)ccc2F)CC1. The first-order valence-corrected chi connectivity index (χ1v) is 6.02. The molecule has 1 aliphatic heterocycles. The molecule has 1 aromatic carbocycles. The lowest BCUT2D eigenvalue weighted by atomic mass is 10.0. The first kappa shape index (κ1) is 12.5. The Bertz CT molecular complexity index is 374. The van der Waals surface area contributed by atoms with E-state index in [-0.39, 0.29) is 11.6 Å². The van der Waals surface area contributed by atoms with Crippen LogP contribution in [0.5, 0.6) is 0 Å². The van der Waals surface area contributed by atoms with Crippen LogP contribution in [0.2, 0.25) is 0 Å². The van der Waals surface area contributed by atoms with Crippen molar-refractivity contribution in [1.29, 1.82) is 0 Å². The second-order valence-corrected chi connectivity index (χ2v) is 4.57. The van der Waals surface area contributed by atoms with Crippen molar-refractivity contribution in [3.63, 3.8) is 0 Å². The first-order valence-electron chi connectivity index (χ1n) is 6.02. The number of benzene rings is 1. The van der Waals surface area contributed by atoms with Gasteiger partial charge in [0.1, 0.15) is 11.6 Å². The number of rotatable bonds is 3. The summed E-state index contributed by atoms with van der Waals surface area (Å²) in [6.07, 6.45) is 2.13. The van der Waals surface area contributed by atoms with E-state index in [2.05, 4.69) is 10.2 Å². The number of hydrogen-bond acceptors (Lipinski definition) is 2. The van der Waals surface area contributed by atoms with Crippen molar-refractivity contribution >= 4 is 0 Å². The van der Waals surface area contributed by atoms with E-state index in [4.69, 9.17) is 0 Å². The highest BCUT2D eigenvalue weighted by atomic mass is 19.1. The number of nitrogens with zero attached hydrogens (tertiary/aromatic N) is 1. The van der Waals surface area contributed by atoms with Gasteiger partial charge in [-0.3, -0.25) is 4.90 Å². The summed E-state index contributed by atoms with van der Waals surface area (Å²) in [5.41, 5.74) is 0.452. The maximum absolute atomic E-state index is 13.5. The van der Waals surface area contributed by atoms with Crippen LogP contribution in [0.1, 0.15) is 18.4 Å². The van der Waals surface area contributed by atoms with Crippen molar-refractivity contribution in [2.45, 2.75) is 25.4 Å². The average molecular weight is 240 g/mol. The van der Waals surface area contributed by atoms with Gasteiger partial charge < -0.3 is 5.32 Å². The standard InChI is InChI=1S/C13H18F2N2/c1-16-12-4-6-17(7-5-12)9-10-8-11(14)2-3-13(10)15/h2-3,8,12,16H,4-7,9H2,1H3. The van der Waals surface area contributed by atoms with Gasteiger partial charge in [-0.1, -0.05) is 0 Å². The predicted octanol–water partition coefficient (Wildman–Crippen LogP) is 2.15. The van der Waals surface area contributed by atoms with E-state index in [0.29, 0.717) is 18.2 Å². The van der Waals surface area contributed by atoms with Crippen molar-refractivity contribution in [1.82, 2.24) is 10.2 Å². The second kappa shape index (κ2) is 5.56. The quantitative estimate of drug-likeness (QED) is 0.871. The predicted molar refractivity (Wildman–Crippen MR) is 63.7 cm³/mol. The molecular formula is C13H18F2N2. The fourth-order valence-corrected chi connectivity index (χ4v) is 2.29. The van der Waals surface area contributed by atoms with E-state index in [1.807, 2.05) is 7.05 Å². The Balaban J connectivity index is 1.95. The molecule has 2 nitrogen and oxygen atoms in total. The Kier molecular flexibility index (Phi) is 4.07. The van der Waals surface area contributed by atoms with Crippen molar-refractivity contribution < 1.29 is 8.78 Å². The topological polar surface area (TPSA) is 15.3 Å². The van der Waals surface area contributed by atoms with Gasteiger partial charge in [-0.2, -0.15) is 0 Å². The van der Waals surface area contributed by atoms with Crippen LogP contribution in [0.15, 0.2) is 18.2 Å². The first-order chi connectivity index (χ1) is 8.19. The van der Waals surface area contributed by atoms with Gasteiger partial charge in [-0.05, 0) is 51.2 Å². The fourth-order valence-electron chi connectivity index (χ4n) is 2.29. The van der Waals surface area contributed by atoms with E-state index >= 15 is 0 Å². The zero-order valence-corrected chi connectivity index (χ0v) is 10.0. The largest absolute Gasteiger partial charge is 0.317 e. The Hall–Kier alpha value is -1.00. The number of halogens is 2. The third kappa shape index (κ3) is 3.23. The van der Waals surface area contributed by atoms with Gasteiger partial charge in [0, 0.05) is 18.2 Å². The van der Waals surface area contributed by atoms with Gasteiger partial charge >= 0.3 is 0 Å². The third-order valence-electron chi connectivity index (χ3n) is 3.40. The Labute approximate surface area is 101 Å². The number of likely N-dealkylation sites (tertiary alicyclic amines) is 1. The molecule has 1 heterocycles. The Morgan fingerprint density at radius 2 is 2.00 bits per heavy atom. The lowest BCUT2D eigenvalue weighted by Crippen LogP contribution is -2.40. The van der Waals surface area contributed by atoms with Crippen LogP contribution in [0.3, 0.4) is 0 Å². The van der Waals surface area contributed by atoms with E-state index in [1.165, 1.54) is 12.1 Å². The van der Waals surface area contributed by atoms with Crippen molar-refractivity contribution in [3.8, 4) is 0 Å². The van der Waals surface area contributed by atoms with Crippen LogP contribution < -0.4 is 5.32 Å². The monoisotopic (exact) mass is 240 g/mol. The van der Waals surface area contributed by atoms with E-state index in [9.17, 15) is 8.78 Å². The van der Waals surface area contributed by atoms with Crippen LogP contribution in [0.25, 0.3) is 0 Å². The van der Waals surface area contributed by atoms with Gasteiger partial charge in [-0.15, -0.1) is 0 Å². The molecule has 1 aliphatic rings. The Morgan fingerprint density at radius 3 is 2.65 bits per heavy atom.